The van der Waals surface area contributed by atoms with E-state index in [1.165, 1.54) is 6.92 Å². The number of aromatic nitrogens is 2. The smallest absolute Gasteiger partial charge is 0.221 e. The van der Waals surface area contributed by atoms with E-state index in [4.69, 9.17) is 0 Å². The van der Waals surface area contributed by atoms with Gasteiger partial charge in [-0.1, -0.05) is 6.58 Å². The molecule has 1 aliphatic heterocycles. The largest absolute Gasteiger partial charge is 0.505 e. The minimum Gasteiger partial charge on any atom is -0.505 e. The van der Waals surface area contributed by atoms with Gasteiger partial charge >= 0.3 is 0 Å². The Kier molecular flexibility index (Phi) is 2.28. The molecular weight excluding hydrogens is 246 g/mol. The molecule has 0 atom stereocenters. The molecular formula is C13H13N3O3. The maximum absolute atomic E-state index is 11.1. The van der Waals surface area contributed by atoms with Crippen molar-refractivity contribution in [3.63, 3.8) is 0 Å². The van der Waals surface area contributed by atoms with Crippen LogP contribution in [0.1, 0.15) is 13.3 Å². The van der Waals surface area contributed by atoms with Gasteiger partial charge in [-0.15, -0.1) is 0 Å². The van der Waals surface area contributed by atoms with Gasteiger partial charge in [0.2, 0.25) is 5.91 Å². The molecule has 1 aliphatic rings. The number of phenolic OH excluding ortho intramolecular Hbond substituents is 2. The Labute approximate surface area is 108 Å². The number of aromatic hydroxyl groups is 2. The number of benzene rings is 1. The van der Waals surface area contributed by atoms with Gasteiger partial charge in [-0.25, -0.2) is 4.98 Å². The van der Waals surface area contributed by atoms with Crippen molar-refractivity contribution in [1.29, 1.82) is 0 Å². The summed E-state index contributed by atoms with van der Waals surface area (Å²) in [5.41, 5.74) is 1.55. The highest BCUT2D eigenvalue weighted by Gasteiger charge is 2.21. The van der Waals surface area contributed by atoms with Crippen molar-refractivity contribution in [2.45, 2.75) is 19.9 Å². The second-order valence-corrected chi connectivity index (χ2v) is 4.54. The number of hydrogen-bond donors (Lipinski definition) is 3. The van der Waals surface area contributed by atoms with Crippen molar-refractivity contribution in [3.8, 4) is 11.5 Å². The predicted octanol–water partition coefficient (Wildman–Crippen LogP) is 0.000400. The molecule has 3 N–H and O–H groups in total. The van der Waals surface area contributed by atoms with Gasteiger partial charge in [0.25, 0.3) is 0 Å². The van der Waals surface area contributed by atoms with E-state index in [0.717, 1.165) is 6.42 Å². The highest BCUT2D eigenvalue weighted by Crippen LogP contribution is 2.33. The number of carbonyl (C=O) groups is 1. The summed E-state index contributed by atoms with van der Waals surface area (Å²) in [6, 6.07) is 0. The maximum atomic E-state index is 11.1. The molecule has 0 unspecified atom stereocenters. The number of imidazole rings is 1. The van der Waals surface area contributed by atoms with E-state index in [1.807, 2.05) is 10.6 Å². The average molecular weight is 259 g/mol. The summed E-state index contributed by atoms with van der Waals surface area (Å²) in [5.74, 6) is -0.578. The molecule has 2 heterocycles. The van der Waals surface area contributed by atoms with Gasteiger partial charge < -0.3 is 20.1 Å². The monoisotopic (exact) mass is 259 g/mol. The highest BCUT2D eigenvalue weighted by atomic mass is 16.3. The first-order chi connectivity index (χ1) is 9.00. The van der Waals surface area contributed by atoms with Crippen LogP contribution in [0.2, 0.25) is 0 Å². The molecule has 0 aliphatic carbocycles. The number of nitrogens with one attached hydrogen (secondary N) is 1. The third kappa shape index (κ3) is 1.49. The van der Waals surface area contributed by atoms with E-state index in [1.54, 1.807) is 0 Å². The van der Waals surface area contributed by atoms with Crippen LogP contribution < -0.4 is 16.0 Å². The van der Waals surface area contributed by atoms with Gasteiger partial charge in [0, 0.05) is 18.7 Å². The van der Waals surface area contributed by atoms with Crippen LogP contribution in [-0.2, 0) is 11.3 Å². The summed E-state index contributed by atoms with van der Waals surface area (Å²) in [6.07, 6.45) is 2.78. The molecule has 6 nitrogen and oxygen atoms in total. The number of aryl methyl sites for hydroxylation is 1. The molecule has 1 amide bonds. The number of phenols is 2. The van der Waals surface area contributed by atoms with Crippen LogP contribution in [0.4, 0.5) is 5.69 Å². The van der Waals surface area contributed by atoms with Crippen LogP contribution in [0.3, 0.4) is 0 Å². The Hall–Kier alpha value is -2.50. The van der Waals surface area contributed by atoms with Crippen molar-refractivity contribution < 1.29 is 15.0 Å². The molecule has 0 fully saturated rings. The van der Waals surface area contributed by atoms with Crippen molar-refractivity contribution >= 4 is 35.3 Å². The molecule has 1 aromatic carbocycles. The van der Waals surface area contributed by atoms with E-state index in [9.17, 15) is 15.0 Å². The lowest BCUT2D eigenvalue weighted by Crippen LogP contribution is -2.16. The van der Waals surface area contributed by atoms with Crippen LogP contribution in [0, 0.1) is 0 Å². The number of nitrogens with zero attached hydrogens (tertiary/aromatic N) is 2. The molecule has 1 aromatic heterocycles. The fraction of sp³-hybridized carbons (Fsp3) is 0.231. The van der Waals surface area contributed by atoms with E-state index in [-0.39, 0.29) is 33.8 Å². The van der Waals surface area contributed by atoms with Crippen LogP contribution in [0.15, 0.2) is 0 Å². The van der Waals surface area contributed by atoms with E-state index < -0.39 is 0 Å². The SMILES string of the molecule is C=c1c(NC(C)=O)c(O)c2nc3n(c2c1O)CCC=3. The van der Waals surface area contributed by atoms with E-state index >= 15 is 0 Å². The first-order valence-corrected chi connectivity index (χ1v) is 5.91. The average Bonchev–Trinajstić information content (AvgIpc) is 2.91. The van der Waals surface area contributed by atoms with E-state index in [0.29, 0.717) is 17.5 Å². The lowest BCUT2D eigenvalue weighted by Gasteiger charge is -2.10. The summed E-state index contributed by atoms with van der Waals surface area (Å²) in [5, 5.41) is 23.1. The van der Waals surface area contributed by atoms with Gasteiger partial charge in [0.05, 0.1) is 5.69 Å². The molecule has 0 bridgehead atoms. The number of hydrogen-bond acceptors (Lipinski definition) is 4. The molecule has 3 rings (SSSR count). The van der Waals surface area contributed by atoms with E-state index in [2.05, 4.69) is 16.9 Å². The summed E-state index contributed by atoms with van der Waals surface area (Å²) in [6.45, 7) is 5.74. The number of fused-ring (bicyclic) bond motifs is 3. The van der Waals surface area contributed by atoms with Crippen LogP contribution in [-0.4, -0.2) is 25.7 Å². The Morgan fingerprint density at radius 3 is 2.89 bits per heavy atom. The normalized spacial score (nSPS) is 13.3. The Morgan fingerprint density at radius 2 is 2.21 bits per heavy atom. The topological polar surface area (TPSA) is 87.4 Å². The second-order valence-electron chi connectivity index (χ2n) is 4.54. The van der Waals surface area contributed by atoms with Crippen LogP contribution in [0.25, 0.3) is 23.7 Å². The number of anilines is 1. The predicted molar refractivity (Wildman–Crippen MR) is 71.2 cm³/mol. The quantitative estimate of drug-likeness (QED) is 0.497. The number of amides is 1. The lowest BCUT2D eigenvalue weighted by atomic mass is 10.2. The van der Waals surface area contributed by atoms with Crippen LogP contribution >= 0.6 is 0 Å². The summed E-state index contributed by atoms with van der Waals surface area (Å²) < 4.78 is 1.83. The first kappa shape index (κ1) is 11.6. The Bertz CT molecular complexity index is 820. The summed E-state index contributed by atoms with van der Waals surface area (Å²) in [4.78, 5) is 15.4. The zero-order valence-electron chi connectivity index (χ0n) is 10.4. The van der Waals surface area contributed by atoms with Gasteiger partial charge in [0.15, 0.2) is 11.5 Å². The van der Waals surface area contributed by atoms with Crippen molar-refractivity contribution in [3.05, 3.63) is 10.7 Å². The van der Waals surface area contributed by atoms with Gasteiger partial charge in [-0.05, 0) is 12.5 Å². The molecule has 98 valence electrons. The second kappa shape index (κ2) is 3.74. The molecule has 19 heavy (non-hydrogen) atoms. The molecule has 0 spiro atoms. The van der Waals surface area contributed by atoms with Crippen LogP contribution in [0.5, 0.6) is 11.5 Å². The summed E-state index contributed by atoms with van der Waals surface area (Å²) >= 11 is 0. The van der Waals surface area contributed by atoms with Crippen molar-refractivity contribution in [1.82, 2.24) is 9.55 Å². The van der Waals surface area contributed by atoms with Gasteiger partial charge in [-0.2, -0.15) is 0 Å². The molecule has 0 saturated carbocycles. The number of rotatable bonds is 1. The molecule has 0 radical (unpaired) electrons. The highest BCUT2D eigenvalue weighted by molar-refractivity contribution is 5.99. The zero-order valence-corrected chi connectivity index (χ0v) is 10.4. The molecule has 0 saturated heterocycles. The minimum atomic E-state index is -0.350. The zero-order chi connectivity index (χ0) is 13.7. The Balaban J connectivity index is 2.44. The standard InChI is InChI=1S/C13H13N3O3/c1-6-9(14-7(2)17)13(19)10-11(12(6)18)16-5-3-4-8(16)15-10/h4,18-19H,1,3,5H2,2H3,(H,14,17). The minimum absolute atomic E-state index is 0.0643. The maximum Gasteiger partial charge on any atom is 0.221 e. The van der Waals surface area contributed by atoms with Crippen molar-refractivity contribution in [2.24, 2.45) is 0 Å². The third-order valence-electron chi connectivity index (χ3n) is 3.25. The Morgan fingerprint density at radius 1 is 1.47 bits per heavy atom. The first-order valence-electron chi connectivity index (χ1n) is 5.91. The number of carbonyl (C=O) groups excluding carboxylic acids is 1. The molecule has 6 heteroatoms. The van der Waals surface area contributed by atoms with Gasteiger partial charge in [-0.3, -0.25) is 4.79 Å². The molecule has 2 aromatic rings. The summed E-state index contributed by atoms with van der Waals surface area (Å²) in [7, 11) is 0. The van der Waals surface area contributed by atoms with Crippen molar-refractivity contribution in [2.75, 3.05) is 5.32 Å². The fourth-order valence-electron chi connectivity index (χ4n) is 2.41. The lowest BCUT2D eigenvalue weighted by molar-refractivity contribution is -0.114. The fourth-order valence-corrected chi connectivity index (χ4v) is 2.41. The third-order valence-corrected chi connectivity index (χ3v) is 3.25. The van der Waals surface area contributed by atoms with Gasteiger partial charge in [0.1, 0.15) is 16.5 Å².